The van der Waals surface area contributed by atoms with Gasteiger partial charge in [-0.15, -0.1) is 0 Å². The molecular weight excluding hydrogens is 486 g/mol. The molecule has 38 heavy (non-hydrogen) atoms. The number of fused-ring (bicyclic) bond motifs is 2. The lowest BCUT2D eigenvalue weighted by atomic mass is 10.0. The molecule has 2 saturated heterocycles. The first-order chi connectivity index (χ1) is 18.5. The van der Waals surface area contributed by atoms with Gasteiger partial charge in [-0.2, -0.15) is 5.01 Å². The van der Waals surface area contributed by atoms with E-state index >= 15 is 0 Å². The zero-order chi connectivity index (χ0) is 26.2. The third-order valence-electron chi connectivity index (χ3n) is 7.36. The number of nitrogens with zero attached hydrogens (tertiary/aromatic N) is 5. The lowest BCUT2D eigenvalue weighted by Crippen LogP contribution is -2.51. The number of amides is 3. The number of aromatic nitrogens is 2. The fourth-order valence-electron chi connectivity index (χ4n) is 5.52. The third-order valence-corrected chi connectivity index (χ3v) is 7.36. The molecule has 3 aliphatic rings. The second-order valence-electron chi connectivity index (χ2n) is 9.92. The zero-order valence-electron chi connectivity index (χ0n) is 21.1. The van der Waals surface area contributed by atoms with Crippen molar-refractivity contribution in [2.45, 2.75) is 45.2 Å². The number of aliphatic hydroxyl groups excluding tert-OH is 1. The van der Waals surface area contributed by atoms with Crippen LogP contribution in [0.15, 0.2) is 36.5 Å². The first kappa shape index (κ1) is 24.4. The van der Waals surface area contributed by atoms with Crippen LogP contribution in [0.4, 0.5) is 0 Å². The maximum atomic E-state index is 13.1. The van der Waals surface area contributed by atoms with Gasteiger partial charge in [-0.25, -0.2) is 9.99 Å². The fraction of sp³-hybridized carbons (Fsp3) is 0.393. The monoisotopic (exact) mass is 515 g/mol. The van der Waals surface area contributed by atoms with Crippen LogP contribution in [0.5, 0.6) is 5.75 Å². The first-order valence-corrected chi connectivity index (χ1v) is 13.1. The van der Waals surface area contributed by atoms with Crippen molar-refractivity contribution >= 4 is 28.8 Å². The van der Waals surface area contributed by atoms with E-state index in [1.807, 2.05) is 18.2 Å². The highest BCUT2D eigenvalue weighted by molar-refractivity contribution is 6.04. The maximum Gasteiger partial charge on any atom is 0.273 e. The summed E-state index contributed by atoms with van der Waals surface area (Å²) in [6.45, 7) is 2.99. The van der Waals surface area contributed by atoms with Gasteiger partial charge in [0.15, 0.2) is 0 Å². The van der Waals surface area contributed by atoms with E-state index in [0.717, 1.165) is 46.9 Å². The van der Waals surface area contributed by atoms with Crippen LogP contribution in [0, 0.1) is 0 Å². The topological polar surface area (TPSA) is 116 Å². The number of hydrogen-bond acceptors (Lipinski definition) is 8. The molecular formula is C28H29N5O5. The van der Waals surface area contributed by atoms with Crippen LogP contribution < -0.4 is 4.74 Å². The predicted molar refractivity (Wildman–Crippen MR) is 138 cm³/mol. The van der Waals surface area contributed by atoms with Gasteiger partial charge in [0.05, 0.1) is 24.4 Å². The molecule has 5 heterocycles. The minimum absolute atomic E-state index is 0.110. The van der Waals surface area contributed by atoms with Gasteiger partial charge in [0.1, 0.15) is 17.9 Å². The highest BCUT2D eigenvalue weighted by atomic mass is 16.5. The number of rotatable bonds is 7. The Hall–Kier alpha value is -3.89. The Bertz CT molecular complexity index is 1420. The summed E-state index contributed by atoms with van der Waals surface area (Å²) in [5.74, 6) is -0.472. The van der Waals surface area contributed by atoms with Gasteiger partial charge in [0.25, 0.3) is 5.91 Å². The molecule has 0 spiro atoms. The molecule has 0 unspecified atom stereocenters. The Morgan fingerprint density at radius 2 is 1.74 bits per heavy atom. The van der Waals surface area contributed by atoms with Crippen molar-refractivity contribution in [1.82, 2.24) is 24.9 Å². The number of likely N-dealkylation sites (tertiary alicyclic amines) is 1. The van der Waals surface area contributed by atoms with Crippen LogP contribution in [0.1, 0.15) is 53.6 Å². The van der Waals surface area contributed by atoms with E-state index in [1.165, 1.54) is 17.9 Å². The standard InChI is InChI=1S/C28H29N5O5/c34-12-13-38-23-8-9-29-26-20(16-31-10-1-2-11-31)15-22(30-27(23)26)18-6-7-21-19(14-18)17-32(28(21)37)33-24(35)4-3-5-25(33)36/h6-9,14-15,34H,1-5,10-13,16-17H2. The van der Waals surface area contributed by atoms with Crippen LogP contribution in [-0.4, -0.2) is 74.0 Å². The van der Waals surface area contributed by atoms with E-state index in [0.29, 0.717) is 28.9 Å². The summed E-state index contributed by atoms with van der Waals surface area (Å²) in [5.41, 5.74) is 5.17. The van der Waals surface area contributed by atoms with Crippen LogP contribution in [0.25, 0.3) is 22.3 Å². The fourth-order valence-corrected chi connectivity index (χ4v) is 5.52. The summed E-state index contributed by atoms with van der Waals surface area (Å²) in [6.07, 6.45) is 5.07. The number of carbonyl (C=O) groups is 3. The highest BCUT2D eigenvalue weighted by Gasteiger charge is 2.39. The van der Waals surface area contributed by atoms with Crippen molar-refractivity contribution in [1.29, 1.82) is 0 Å². The minimum atomic E-state index is -0.347. The second-order valence-corrected chi connectivity index (χ2v) is 9.92. The van der Waals surface area contributed by atoms with Crippen LogP contribution in [-0.2, 0) is 22.7 Å². The van der Waals surface area contributed by atoms with Gasteiger partial charge in [-0.05, 0) is 61.7 Å². The Labute approximate surface area is 219 Å². The average Bonchev–Trinajstić information content (AvgIpc) is 3.55. The number of hydrazine groups is 1. The molecule has 0 radical (unpaired) electrons. The molecule has 1 aromatic carbocycles. The summed E-state index contributed by atoms with van der Waals surface area (Å²) in [6, 6.07) is 9.28. The SMILES string of the molecule is O=C1c2ccc(-c3cc(CN4CCCC4)c4nccc(OCCO)c4n3)cc2CN1N1C(=O)CCCC1=O. The van der Waals surface area contributed by atoms with Crippen LogP contribution in [0.2, 0.25) is 0 Å². The minimum Gasteiger partial charge on any atom is -0.489 e. The number of piperidine rings is 1. The molecule has 0 bridgehead atoms. The highest BCUT2D eigenvalue weighted by Crippen LogP contribution is 2.34. The molecule has 3 amide bonds. The molecule has 2 aromatic heterocycles. The number of ether oxygens (including phenoxy) is 1. The van der Waals surface area contributed by atoms with Gasteiger partial charge in [-0.3, -0.25) is 24.3 Å². The molecule has 196 valence electrons. The lowest BCUT2D eigenvalue weighted by Gasteiger charge is -2.32. The number of benzene rings is 1. The van der Waals surface area contributed by atoms with Crippen LogP contribution >= 0.6 is 0 Å². The molecule has 10 nitrogen and oxygen atoms in total. The Balaban J connectivity index is 1.39. The van der Waals surface area contributed by atoms with Gasteiger partial charge >= 0.3 is 0 Å². The number of carbonyl (C=O) groups excluding carboxylic acids is 3. The van der Waals surface area contributed by atoms with Gasteiger partial charge < -0.3 is 9.84 Å². The number of pyridine rings is 2. The molecule has 1 N–H and O–H groups in total. The van der Waals surface area contributed by atoms with E-state index in [-0.39, 0.29) is 50.3 Å². The summed E-state index contributed by atoms with van der Waals surface area (Å²) < 4.78 is 5.79. The average molecular weight is 516 g/mol. The van der Waals surface area contributed by atoms with Crippen LogP contribution in [0.3, 0.4) is 0 Å². The Morgan fingerprint density at radius 3 is 2.50 bits per heavy atom. The largest absolute Gasteiger partial charge is 0.489 e. The second kappa shape index (κ2) is 10.1. The predicted octanol–water partition coefficient (Wildman–Crippen LogP) is 2.67. The molecule has 10 heteroatoms. The van der Waals surface area contributed by atoms with E-state index in [1.54, 1.807) is 18.3 Å². The molecule has 2 fully saturated rings. The molecule has 3 aromatic rings. The van der Waals surface area contributed by atoms with Gasteiger partial charge in [-0.1, -0.05) is 6.07 Å². The van der Waals surface area contributed by atoms with Crippen molar-refractivity contribution in [3.63, 3.8) is 0 Å². The van der Waals surface area contributed by atoms with Crippen molar-refractivity contribution < 1.29 is 24.2 Å². The van der Waals surface area contributed by atoms with E-state index < -0.39 is 0 Å². The smallest absolute Gasteiger partial charge is 0.273 e. The van der Waals surface area contributed by atoms with Crippen molar-refractivity contribution in [3.8, 4) is 17.0 Å². The lowest BCUT2D eigenvalue weighted by molar-refractivity contribution is -0.163. The van der Waals surface area contributed by atoms with Crippen molar-refractivity contribution in [2.75, 3.05) is 26.3 Å². The van der Waals surface area contributed by atoms with E-state index in [2.05, 4.69) is 9.88 Å². The molecule has 0 atom stereocenters. The van der Waals surface area contributed by atoms with Crippen molar-refractivity contribution in [3.05, 3.63) is 53.2 Å². The molecule has 6 rings (SSSR count). The molecule has 3 aliphatic heterocycles. The van der Waals surface area contributed by atoms with Gasteiger partial charge in [0, 0.05) is 42.8 Å². The normalized spacial score (nSPS) is 18.1. The summed E-state index contributed by atoms with van der Waals surface area (Å²) in [4.78, 5) is 49.9. The van der Waals surface area contributed by atoms with Gasteiger partial charge in [0.2, 0.25) is 11.8 Å². The molecule has 0 aliphatic carbocycles. The number of aliphatic hydroxyl groups is 1. The summed E-state index contributed by atoms with van der Waals surface area (Å²) in [7, 11) is 0. The first-order valence-electron chi connectivity index (χ1n) is 13.1. The third kappa shape index (κ3) is 4.39. The van der Waals surface area contributed by atoms with E-state index in [9.17, 15) is 19.5 Å². The number of imide groups is 1. The maximum absolute atomic E-state index is 13.1. The quantitative estimate of drug-likeness (QED) is 0.478. The van der Waals surface area contributed by atoms with E-state index in [4.69, 9.17) is 9.72 Å². The summed E-state index contributed by atoms with van der Waals surface area (Å²) >= 11 is 0. The zero-order valence-corrected chi connectivity index (χ0v) is 21.1. The molecule has 0 saturated carbocycles. The van der Waals surface area contributed by atoms with Crippen molar-refractivity contribution in [2.24, 2.45) is 0 Å². The number of hydrogen-bond donors (Lipinski definition) is 1. The Morgan fingerprint density at radius 1 is 0.947 bits per heavy atom. The Kier molecular flexibility index (Phi) is 6.50. The summed E-state index contributed by atoms with van der Waals surface area (Å²) in [5, 5.41) is 11.6.